The molecule has 8 heterocycles. The molecule has 2 aliphatic heterocycles. The molecule has 8 N–H and O–H groups in total. The number of fused-ring (bicyclic) bond motifs is 8. The molecule has 19 nitrogen and oxygen atoms in total. The lowest BCUT2D eigenvalue weighted by Gasteiger charge is -2.34. The van der Waals surface area contributed by atoms with Crippen LogP contribution in [-0.2, 0) is 200 Å². The summed E-state index contributed by atoms with van der Waals surface area (Å²) in [7, 11) is 16.5. The number of carboxylic acid groups (broad SMARTS) is 1. The molecule has 6 aromatic heterocycles. The Morgan fingerprint density at radius 1 is 0.576 bits per heavy atom. The summed E-state index contributed by atoms with van der Waals surface area (Å²) < 4.78 is 3.31. The Kier molecular flexibility index (Phi) is 29.5. The van der Waals surface area contributed by atoms with Crippen molar-refractivity contribution in [3.05, 3.63) is 155 Å². The van der Waals surface area contributed by atoms with E-state index in [-0.39, 0.29) is 61.2 Å². The molecule has 2 saturated carbocycles. The molecule has 0 spiro atoms. The van der Waals surface area contributed by atoms with Crippen molar-refractivity contribution in [2.24, 2.45) is 23.3 Å². The first-order chi connectivity index (χ1) is 47.4. The van der Waals surface area contributed by atoms with E-state index in [2.05, 4.69) is 92.8 Å². The first-order valence-electron chi connectivity index (χ1n) is 30.9. The number of carboxylic acids is 1. The Labute approximate surface area is 629 Å². The van der Waals surface area contributed by atoms with Crippen LogP contribution in [0.4, 0.5) is 11.6 Å². The molecule has 2 aromatic carbocycles. The Morgan fingerprint density at radius 2 is 1.06 bits per heavy atom. The maximum Gasteiger partial charge on any atom is 0.323 e. The third-order valence-electron chi connectivity index (χ3n) is 17.7. The summed E-state index contributed by atoms with van der Waals surface area (Å²) >= 11 is 18.3. The van der Waals surface area contributed by atoms with Gasteiger partial charge in [-0.1, -0.05) is 24.3 Å². The number of pyridine rings is 4. The second kappa shape index (κ2) is 37.6. The van der Waals surface area contributed by atoms with E-state index >= 15 is 0 Å². The van der Waals surface area contributed by atoms with Crippen LogP contribution in [0.1, 0.15) is 106 Å². The van der Waals surface area contributed by atoms with E-state index in [1.165, 1.54) is 70.3 Å². The first-order valence-corrected chi connectivity index (χ1v) is 48.2. The van der Waals surface area contributed by atoms with Crippen LogP contribution in [-0.4, -0.2) is 98.7 Å². The summed E-state index contributed by atoms with van der Waals surface area (Å²) in [5.41, 5.74) is 23.9. The Hall–Kier alpha value is -5.51. The molecule has 14 rings (SSSR count). The zero-order valence-corrected chi connectivity index (χ0v) is 66.0. The number of hydrogen-bond donors (Lipinski definition) is 6. The zero-order valence-electron chi connectivity index (χ0n) is 53.0. The Bertz CT molecular complexity index is 4940. The third kappa shape index (κ3) is 20.2. The molecule has 5 amide bonds. The smallest absolute Gasteiger partial charge is 0.323 e. The Morgan fingerprint density at radius 3 is 1.52 bits per heavy atom. The van der Waals surface area contributed by atoms with E-state index in [1.807, 2.05) is 93.0 Å². The van der Waals surface area contributed by atoms with Crippen molar-refractivity contribution in [2.75, 3.05) is 10.6 Å². The van der Waals surface area contributed by atoms with Crippen LogP contribution in [0.3, 0.4) is 0 Å². The van der Waals surface area contributed by atoms with Crippen molar-refractivity contribution in [3.8, 4) is 22.3 Å². The quantitative estimate of drug-likeness (QED) is 0.0672. The minimum Gasteiger partial charge on any atom is -0.480 e. The largest absolute Gasteiger partial charge is 0.480 e. The normalized spacial score (nSPS) is 18.2. The predicted molar refractivity (Wildman–Crippen MR) is 432 cm³/mol. The SMILES string of the molecule is Cc1cccc(NC(=O)[C@@H]2C3CCC(C3)N2C(=O)Cn2cc(C(N)=O)c3cc(-c4cnc5c(c4)CCC5)ccc32)n1.Cc1cccc(NC(=O)[C@H]2NC3CCC2C3)n1.Cl.NC(=O)c1cn(CC(=O)O)c2ccc(-c3cnc4c(c3)CCC4)cc12.S=S=S=S=S=S=S.S=S=S=S=S=S=S=S. The van der Waals surface area contributed by atoms with Gasteiger partial charge in [-0.15, -0.1) is 12.4 Å². The predicted octanol–water partition coefficient (Wildman–Crippen LogP) is 8.24. The summed E-state index contributed by atoms with van der Waals surface area (Å²) in [6, 6.07) is 27.0. The van der Waals surface area contributed by atoms with Gasteiger partial charge in [0.1, 0.15) is 30.8 Å². The number of benzene rings is 2. The standard InChI is InChI=1S/C32H32N6O3.C19H17N3O3.C13H17N3O.ClH.S8.S7/c1-18-4-2-7-28(35-18)36-32(41)30-21-8-10-23(13-21)38(30)29(39)17-37-16-25(31(33)40)24-14-19(9-11-27(24)37)22-12-20-5-3-6-26(20)34-15-22;20-19(25)15-9-22(10-18(23)24)17-5-4-11(7-14(15)17)13-6-12-2-1-3-16(12)21-8-13;1-8-3-2-4-11(14-8)16-13(17)12-9-5-6-10(7-9)15-12;;1-3-5-7-8-6-4-2;1-3-5-7-6-4-2/h2,4,7,9,11-12,14-16,21,23,30H,3,5-6,8,10,13,17H2,1H3,(H2,33,40)(H,35,36,41);4-9H,1-3,10H2,(H2,20,25)(H,23,24);2-4,9-10,12,15H,5-7H2,1H3,(H,14,16,17);1H;;/t21?,23?,30-;;9?,10?,12-;;;/m0.0.../s1. The van der Waals surface area contributed by atoms with Crippen LogP contribution < -0.4 is 27.4 Å². The molecule has 4 aliphatic carbocycles. The fourth-order valence-corrected chi connectivity index (χ4v) is 32.9. The number of carbonyl (C=O) groups is 6. The topological polar surface area (TPSA) is 275 Å². The lowest BCUT2D eigenvalue weighted by Crippen LogP contribution is -2.51. The van der Waals surface area contributed by atoms with E-state index in [9.17, 15) is 28.8 Å². The summed E-state index contributed by atoms with van der Waals surface area (Å²) in [5.74, 6) is -0.589. The van der Waals surface area contributed by atoms with Crippen LogP contribution in [0, 0.1) is 25.7 Å². The number of rotatable bonds is 12. The van der Waals surface area contributed by atoms with Gasteiger partial charge in [-0.2, -0.15) is 0 Å². The molecule has 99 heavy (non-hydrogen) atoms. The van der Waals surface area contributed by atoms with E-state index in [1.54, 1.807) is 83.9 Å². The molecular formula is C64H67ClN12O7S15. The van der Waals surface area contributed by atoms with Crippen LogP contribution in [0.25, 0.3) is 44.1 Å². The van der Waals surface area contributed by atoms with Crippen LogP contribution >= 0.6 is 12.4 Å². The van der Waals surface area contributed by atoms with Crippen LogP contribution in [0.15, 0.2) is 110 Å². The number of aliphatic carboxylic acids is 1. The number of hydrogen-bond acceptors (Lipinski definition) is 15. The second-order valence-corrected chi connectivity index (χ2v) is 43.2. The van der Waals surface area contributed by atoms with Crippen molar-refractivity contribution in [2.45, 2.75) is 128 Å². The molecule has 4 unspecified atom stereocenters. The number of anilines is 2. The van der Waals surface area contributed by atoms with Crippen molar-refractivity contribution in [1.82, 2.24) is 39.3 Å². The van der Waals surface area contributed by atoms with Gasteiger partial charge in [0.2, 0.25) is 17.7 Å². The molecule has 4 bridgehead atoms. The van der Waals surface area contributed by atoms with Gasteiger partial charge < -0.3 is 46.6 Å². The highest BCUT2D eigenvalue weighted by Crippen LogP contribution is 2.44. The molecule has 0 radical (unpaired) electrons. The van der Waals surface area contributed by atoms with Crippen molar-refractivity contribution < 1.29 is 33.9 Å². The first kappa shape index (κ1) is 77.6. The highest BCUT2D eigenvalue weighted by molar-refractivity contribution is 8.70. The van der Waals surface area contributed by atoms with Gasteiger partial charge in [-0.05, 0) is 186 Å². The number of carbonyl (C=O) groups excluding carboxylic acids is 5. The summed E-state index contributed by atoms with van der Waals surface area (Å²) in [4.78, 5) is 94.2. The fourth-order valence-electron chi connectivity index (χ4n) is 13.7. The maximum absolute atomic E-state index is 13.8. The van der Waals surface area contributed by atoms with Gasteiger partial charge in [-0.3, -0.25) is 38.7 Å². The molecule has 522 valence electrons. The van der Waals surface area contributed by atoms with Crippen molar-refractivity contribution in [3.63, 3.8) is 0 Å². The monoisotopic (exact) mass is 1630 g/mol. The molecule has 35 heteroatoms. The summed E-state index contributed by atoms with van der Waals surface area (Å²) in [6.45, 7) is 3.59. The molecule has 6 aliphatic rings. The minimum absolute atomic E-state index is 0. The molecule has 8 aromatic rings. The van der Waals surface area contributed by atoms with E-state index in [0.717, 1.165) is 115 Å². The number of primary amides is 2. The molecule has 4 fully saturated rings. The summed E-state index contributed by atoms with van der Waals surface area (Å²) in [6.07, 6.45) is 19.5. The van der Waals surface area contributed by atoms with E-state index in [0.29, 0.717) is 51.0 Å². The van der Waals surface area contributed by atoms with Gasteiger partial charge in [0, 0.05) is 235 Å². The van der Waals surface area contributed by atoms with Gasteiger partial charge in [-0.25, -0.2) is 9.97 Å². The average molecular weight is 1630 g/mol. The highest BCUT2D eigenvalue weighted by Gasteiger charge is 2.51. The number of aromatic nitrogens is 6. The van der Waals surface area contributed by atoms with E-state index < -0.39 is 23.8 Å². The number of nitrogens with one attached hydrogen (secondary N) is 3. The van der Waals surface area contributed by atoms with E-state index in [4.69, 9.17) is 16.6 Å². The minimum atomic E-state index is -0.972. The molecular weight excluding hydrogens is 1570 g/mol. The molecule has 2 saturated heterocycles. The maximum atomic E-state index is 13.8. The Balaban J connectivity index is 0.000000167. The summed E-state index contributed by atoms with van der Waals surface area (Å²) in [5, 5.41) is 19.6. The lowest BCUT2D eigenvalue weighted by atomic mass is 9.97. The van der Waals surface area contributed by atoms with Gasteiger partial charge in [0.05, 0.1) is 17.2 Å². The number of halogens is 1. The van der Waals surface area contributed by atoms with Crippen molar-refractivity contribution in [1.29, 1.82) is 0 Å². The average Bonchev–Trinajstić information content (AvgIpc) is 1.63. The zero-order chi connectivity index (χ0) is 69.4. The van der Waals surface area contributed by atoms with Gasteiger partial charge in [0.25, 0.3) is 11.8 Å². The number of nitrogens with two attached hydrogens (primary N) is 2. The number of piperidine rings is 2. The third-order valence-corrected chi connectivity index (χ3v) is 37.7. The fraction of sp³-hybridized carbons (Fsp3) is 0.344. The lowest BCUT2D eigenvalue weighted by molar-refractivity contribution is -0.141. The highest BCUT2D eigenvalue weighted by atomic mass is 35.5. The second-order valence-electron chi connectivity index (χ2n) is 23.7. The number of nitrogens with zero attached hydrogens (tertiary/aromatic N) is 7. The van der Waals surface area contributed by atoms with Crippen LogP contribution in [0.5, 0.6) is 0 Å². The van der Waals surface area contributed by atoms with Gasteiger partial charge in [0.15, 0.2) is 0 Å². The number of aryl methyl sites for hydroxylation is 6. The molecule has 6 atom stereocenters. The number of amides is 5. The van der Waals surface area contributed by atoms with Gasteiger partial charge >= 0.3 is 5.97 Å². The van der Waals surface area contributed by atoms with Crippen LogP contribution in [0.2, 0.25) is 0 Å². The number of likely N-dealkylation sites (tertiary alicyclic amines) is 1. The van der Waals surface area contributed by atoms with Crippen molar-refractivity contribution >= 4 is 224 Å².